The van der Waals surface area contributed by atoms with Gasteiger partial charge in [-0.3, -0.25) is 14.2 Å². The van der Waals surface area contributed by atoms with Crippen molar-refractivity contribution in [3.05, 3.63) is 64.4 Å². The largest absolute Gasteiger partial charge is 0.298 e. The molecule has 0 N–H and O–H groups in total. The molecule has 2 aromatic carbocycles. The Morgan fingerprint density at radius 3 is 2.59 bits per heavy atom. The first-order valence-electron chi connectivity index (χ1n) is 10.4. The highest BCUT2D eigenvalue weighted by Crippen LogP contribution is 2.32. The third kappa shape index (κ3) is 4.01. The van der Waals surface area contributed by atoms with Gasteiger partial charge in [0, 0.05) is 6.42 Å². The smallest absolute Gasteiger partial charge is 0.266 e. The minimum absolute atomic E-state index is 0.0855. The van der Waals surface area contributed by atoms with Crippen LogP contribution >= 0.6 is 11.8 Å². The number of hydrogen-bond acceptors (Lipinski definition) is 4. The molecule has 4 nitrogen and oxygen atoms in total. The molecule has 0 aliphatic heterocycles. The summed E-state index contributed by atoms with van der Waals surface area (Å²) in [6.07, 6.45) is 4.55. The van der Waals surface area contributed by atoms with Gasteiger partial charge in [0.1, 0.15) is 5.78 Å². The molecule has 2 atom stereocenters. The number of carbonyl (C=O) groups is 1. The van der Waals surface area contributed by atoms with Crippen molar-refractivity contribution in [3.63, 3.8) is 0 Å². The average Bonchev–Trinajstić information content (AvgIpc) is 2.75. The van der Waals surface area contributed by atoms with Crippen LogP contribution in [-0.2, 0) is 4.79 Å². The molecule has 2 unspecified atom stereocenters. The van der Waals surface area contributed by atoms with Crippen LogP contribution in [0, 0.1) is 0 Å². The van der Waals surface area contributed by atoms with Crippen LogP contribution in [0.5, 0.6) is 0 Å². The topological polar surface area (TPSA) is 52.0 Å². The lowest BCUT2D eigenvalue weighted by Gasteiger charge is -2.21. The van der Waals surface area contributed by atoms with Crippen LogP contribution in [-0.4, -0.2) is 20.6 Å². The Morgan fingerprint density at radius 2 is 1.86 bits per heavy atom. The van der Waals surface area contributed by atoms with E-state index in [-0.39, 0.29) is 16.6 Å². The lowest BCUT2D eigenvalue weighted by atomic mass is 9.98. The Bertz CT molecular complexity index is 1090. The first-order valence-corrected chi connectivity index (χ1v) is 11.3. The van der Waals surface area contributed by atoms with E-state index in [1.165, 1.54) is 17.3 Å². The lowest BCUT2D eigenvalue weighted by molar-refractivity contribution is -0.119. The Kier molecular flexibility index (Phi) is 5.86. The Labute approximate surface area is 175 Å². The number of carbonyl (C=O) groups excluding carboxylic acids is 1. The fraction of sp³-hybridized carbons (Fsp3) is 0.375. The minimum Gasteiger partial charge on any atom is -0.298 e. The summed E-state index contributed by atoms with van der Waals surface area (Å²) in [5, 5.41) is 1.07. The molecule has 1 saturated carbocycles. The molecule has 4 rings (SSSR count). The molecule has 0 amide bonds. The van der Waals surface area contributed by atoms with E-state index in [4.69, 9.17) is 4.98 Å². The maximum atomic E-state index is 13.4. The summed E-state index contributed by atoms with van der Waals surface area (Å²) in [5.74, 6) is 0.742. The highest BCUT2D eigenvalue weighted by molar-refractivity contribution is 8.00. The molecule has 1 heterocycles. The second kappa shape index (κ2) is 8.54. The van der Waals surface area contributed by atoms with E-state index in [1.54, 1.807) is 4.57 Å². The summed E-state index contributed by atoms with van der Waals surface area (Å²) in [7, 11) is 0. The molecule has 1 aromatic heterocycles. The van der Waals surface area contributed by atoms with Gasteiger partial charge in [0.25, 0.3) is 5.56 Å². The summed E-state index contributed by atoms with van der Waals surface area (Å²) < 4.78 is 1.68. The van der Waals surface area contributed by atoms with Crippen molar-refractivity contribution in [1.82, 2.24) is 9.55 Å². The standard InChI is InChI=1S/C24H26N2O2S/c1-3-16(2)17-12-14-18(15-13-17)26-23(28)19-8-4-5-9-20(19)25-24(26)29-22-11-7-6-10-21(22)27/h4-5,8-9,12-16,22H,3,6-7,10-11H2,1-2H3. The number of Topliss-reactive ketones (excluding diaryl/α,β-unsaturated/α-hetero) is 1. The van der Waals surface area contributed by atoms with Crippen LogP contribution in [0.4, 0.5) is 0 Å². The van der Waals surface area contributed by atoms with E-state index in [0.29, 0.717) is 28.4 Å². The fourth-order valence-electron chi connectivity index (χ4n) is 3.81. The van der Waals surface area contributed by atoms with Crippen LogP contribution in [0.1, 0.15) is 57.4 Å². The van der Waals surface area contributed by atoms with E-state index >= 15 is 0 Å². The predicted molar refractivity (Wildman–Crippen MR) is 119 cm³/mol. The van der Waals surface area contributed by atoms with Gasteiger partial charge in [-0.1, -0.05) is 56.3 Å². The number of aromatic nitrogens is 2. The van der Waals surface area contributed by atoms with Crippen LogP contribution in [0.3, 0.4) is 0 Å². The van der Waals surface area contributed by atoms with Gasteiger partial charge in [0.15, 0.2) is 5.16 Å². The average molecular weight is 407 g/mol. The molecular formula is C24H26N2O2S. The summed E-state index contributed by atoms with van der Waals surface area (Å²) in [6, 6.07) is 15.6. The molecule has 0 saturated heterocycles. The zero-order chi connectivity index (χ0) is 20.4. The molecule has 1 aliphatic rings. The SMILES string of the molecule is CCC(C)c1ccc(-n2c(SC3CCCCC3=O)nc3ccccc3c2=O)cc1. The van der Waals surface area contributed by atoms with E-state index in [0.717, 1.165) is 31.4 Å². The summed E-state index contributed by atoms with van der Waals surface area (Å²) in [5.41, 5.74) is 2.65. The normalized spacial score (nSPS) is 18.1. The summed E-state index contributed by atoms with van der Waals surface area (Å²) in [4.78, 5) is 30.6. The van der Waals surface area contributed by atoms with E-state index < -0.39 is 0 Å². The zero-order valence-corrected chi connectivity index (χ0v) is 17.7. The van der Waals surface area contributed by atoms with Gasteiger partial charge in [-0.2, -0.15) is 0 Å². The first kappa shape index (κ1) is 19.9. The molecule has 0 spiro atoms. The molecule has 150 valence electrons. The minimum atomic E-state index is -0.123. The molecule has 1 fully saturated rings. The van der Waals surface area contributed by atoms with Gasteiger partial charge in [-0.05, 0) is 55.0 Å². The van der Waals surface area contributed by atoms with Crippen molar-refractivity contribution in [3.8, 4) is 5.69 Å². The van der Waals surface area contributed by atoms with Crippen LogP contribution in [0.15, 0.2) is 58.5 Å². The van der Waals surface area contributed by atoms with Gasteiger partial charge >= 0.3 is 0 Å². The molecule has 3 aromatic rings. The number of rotatable bonds is 5. The van der Waals surface area contributed by atoms with Gasteiger partial charge in [-0.15, -0.1) is 0 Å². The fourth-order valence-corrected chi connectivity index (χ4v) is 5.04. The highest BCUT2D eigenvalue weighted by atomic mass is 32.2. The third-order valence-corrected chi connectivity index (χ3v) is 7.09. The van der Waals surface area contributed by atoms with E-state index in [1.807, 2.05) is 36.4 Å². The number of para-hydroxylation sites is 1. The maximum Gasteiger partial charge on any atom is 0.266 e. The van der Waals surface area contributed by atoms with E-state index in [9.17, 15) is 9.59 Å². The second-order valence-corrected chi connectivity index (χ2v) is 8.94. The molecule has 5 heteroatoms. The third-order valence-electron chi connectivity index (χ3n) is 5.82. The molecular weight excluding hydrogens is 380 g/mol. The van der Waals surface area contributed by atoms with Crippen molar-refractivity contribution < 1.29 is 4.79 Å². The lowest BCUT2D eigenvalue weighted by Crippen LogP contribution is -2.26. The van der Waals surface area contributed by atoms with E-state index in [2.05, 4.69) is 26.0 Å². The number of hydrogen-bond donors (Lipinski definition) is 0. The quantitative estimate of drug-likeness (QED) is 0.525. The number of fused-ring (bicyclic) bond motifs is 1. The van der Waals surface area contributed by atoms with Crippen molar-refractivity contribution in [1.29, 1.82) is 0 Å². The van der Waals surface area contributed by atoms with Crippen molar-refractivity contribution in [2.24, 2.45) is 0 Å². The zero-order valence-electron chi connectivity index (χ0n) is 16.9. The first-order chi connectivity index (χ1) is 14.1. The van der Waals surface area contributed by atoms with Gasteiger partial charge in [0.2, 0.25) is 0 Å². The summed E-state index contributed by atoms with van der Waals surface area (Å²) in [6.45, 7) is 4.38. The number of ketones is 1. The molecule has 1 aliphatic carbocycles. The number of benzene rings is 2. The number of nitrogens with zero attached hydrogens (tertiary/aromatic N) is 2. The molecule has 0 radical (unpaired) electrons. The van der Waals surface area contributed by atoms with Crippen molar-refractivity contribution in [2.75, 3.05) is 0 Å². The van der Waals surface area contributed by atoms with Crippen LogP contribution in [0.2, 0.25) is 0 Å². The van der Waals surface area contributed by atoms with Gasteiger partial charge in [0.05, 0.1) is 21.8 Å². The highest BCUT2D eigenvalue weighted by Gasteiger charge is 2.26. The monoisotopic (exact) mass is 406 g/mol. The summed E-state index contributed by atoms with van der Waals surface area (Å²) >= 11 is 1.44. The molecule has 0 bridgehead atoms. The van der Waals surface area contributed by atoms with Crippen molar-refractivity contribution in [2.45, 2.75) is 62.3 Å². The predicted octanol–water partition coefficient (Wildman–Crippen LogP) is 5.50. The van der Waals surface area contributed by atoms with Crippen LogP contribution < -0.4 is 5.56 Å². The Hall–Kier alpha value is -2.40. The second-order valence-electron chi connectivity index (χ2n) is 7.77. The Balaban J connectivity index is 1.83. The Morgan fingerprint density at radius 1 is 1.10 bits per heavy atom. The van der Waals surface area contributed by atoms with Gasteiger partial charge in [-0.25, -0.2) is 4.98 Å². The van der Waals surface area contributed by atoms with Gasteiger partial charge < -0.3 is 0 Å². The van der Waals surface area contributed by atoms with Crippen LogP contribution in [0.25, 0.3) is 16.6 Å². The number of thioether (sulfide) groups is 1. The maximum absolute atomic E-state index is 13.4. The molecule has 29 heavy (non-hydrogen) atoms. The van der Waals surface area contributed by atoms with Crippen molar-refractivity contribution >= 4 is 28.4 Å².